The molecule has 3 heterocycles. The maximum Gasteiger partial charge on any atom is 0.213 e. The van der Waals surface area contributed by atoms with Gasteiger partial charge >= 0.3 is 0 Å². The summed E-state index contributed by atoms with van der Waals surface area (Å²) in [6, 6.07) is 2.00. The Hall–Kier alpha value is -1.95. The summed E-state index contributed by atoms with van der Waals surface area (Å²) in [5.41, 5.74) is 0. The Labute approximate surface area is 102 Å². The van der Waals surface area contributed by atoms with Crippen LogP contribution in [0.1, 0.15) is 11.7 Å². The highest BCUT2D eigenvalue weighted by Crippen LogP contribution is 2.23. The molecule has 0 radical (unpaired) electrons. The average Bonchev–Trinajstić information content (AvgIpc) is 2.94. The van der Waals surface area contributed by atoms with Gasteiger partial charge in [-0.05, 0) is 18.4 Å². The lowest BCUT2D eigenvalue weighted by molar-refractivity contribution is 0.479. The van der Waals surface area contributed by atoms with Crippen molar-refractivity contribution in [3.8, 4) is 0 Å². The second-order valence-corrected chi connectivity index (χ2v) is 4.47. The summed E-state index contributed by atoms with van der Waals surface area (Å²) in [6.07, 6.45) is 3.26. The van der Waals surface area contributed by atoms with Crippen molar-refractivity contribution in [1.82, 2.24) is 15.0 Å². The predicted molar refractivity (Wildman–Crippen MR) is 66.0 cm³/mol. The zero-order valence-corrected chi connectivity index (χ0v) is 9.99. The average molecular weight is 246 g/mol. The molecule has 3 aromatic rings. The van der Waals surface area contributed by atoms with Gasteiger partial charge in [0.1, 0.15) is 22.7 Å². The van der Waals surface area contributed by atoms with E-state index in [-0.39, 0.29) is 0 Å². The van der Waals surface area contributed by atoms with E-state index in [1.807, 2.05) is 18.4 Å². The smallest absolute Gasteiger partial charge is 0.213 e. The van der Waals surface area contributed by atoms with Crippen molar-refractivity contribution >= 4 is 27.4 Å². The van der Waals surface area contributed by atoms with E-state index >= 15 is 0 Å². The minimum Gasteiger partial charge on any atom is -0.444 e. The molecule has 86 valence electrons. The van der Waals surface area contributed by atoms with Gasteiger partial charge in [0.05, 0.1) is 18.1 Å². The molecule has 17 heavy (non-hydrogen) atoms. The second kappa shape index (κ2) is 4.14. The minimum atomic E-state index is 0.524. The van der Waals surface area contributed by atoms with Crippen molar-refractivity contribution in [1.29, 1.82) is 0 Å². The molecule has 0 atom stereocenters. The molecule has 5 nitrogen and oxygen atoms in total. The third kappa shape index (κ3) is 1.99. The molecule has 6 heteroatoms. The standard InChI is InChI=1S/C11H10N4OS/c1-7-4-12-9(16-7)5-13-10-8-2-3-17-11(8)15-6-14-10/h2-4,6H,5H2,1H3,(H,13,14,15). The van der Waals surface area contributed by atoms with Crippen LogP contribution < -0.4 is 5.32 Å². The van der Waals surface area contributed by atoms with Crippen molar-refractivity contribution < 1.29 is 4.42 Å². The topological polar surface area (TPSA) is 63.8 Å². The van der Waals surface area contributed by atoms with Gasteiger partial charge in [-0.25, -0.2) is 15.0 Å². The highest BCUT2D eigenvalue weighted by Gasteiger charge is 2.05. The molecule has 0 amide bonds. The first-order chi connectivity index (χ1) is 8.33. The van der Waals surface area contributed by atoms with Crippen molar-refractivity contribution in [2.45, 2.75) is 13.5 Å². The lowest BCUT2D eigenvalue weighted by Gasteiger charge is -2.03. The molecule has 3 aromatic heterocycles. The number of thiophene rings is 1. The summed E-state index contributed by atoms with van der Waals surface area (Å²) < 4.78 is 5.38. The van der Waals surface area contributed by atoms with Crippen LogP contribution in [0.25, 0.3) is 10.2 Å². The van der Waals surface area contributed by atoms with Crippen LogP contribution >= 0.6 is 11.3 Å². The van der Waals surface area contributed by atoms with E-state index in [1.54, 1.807) is 23.9 Å². The van der Waals surface area contributed by atoms with Gasteiger partial charge in [-0.15, -0.1) is 11.3 Å². The van der Waals surface area contributed by atoms with Gasteiger partial charge in [-0.1, -0.05) is 0 Å². The molecule has 0 fully saturated rings. The number of hydrogen-bond acceptors (Lipinski definition) is 6. The number of aryl methyl sites for hydroxylation is 1. The quantitative estimate of drug-likeness (QED) is 0.769. The van der Waals surface area contributed by atoms with E-state index in [0.29, 0.717) is 12.4 Å². The van der Waals surface area contributed by atoms with Crippen molar-refractivity contribution in [3.05, 3.63) is 35.6 Å². The zero-order chi connectivity index (χ0) is 11.7. The molecule has 0 saturated heterocycles. The Morgan fingerprint density at radius 1 is 1.35 bits per heavy atom. The van der Waals surface area contributed by atoms with Gasteiger partial charge in [0, 0.05) is 0 Å². The minimum absolute atomic E-state index is 0.524. The second-order valence-electron chi connectivity index (χ2n) is 3.58. The molecule has 0 bridgehead atoms. The van der Waals surface area contributed by atoms with Gasteiger partial charge < -0.3 is 9.73 Å². The summed E-state index contributed by atoms with van der Waals surface area (Å²) in [5, 5.41) is 6.23. The Morgan fingerprint density at radius 2 is 2.29 bits per heavy atom. The maximum absolute atomic E-state index is 5.38. The van der Waals surface area contributed by atoms with E-state index in [4.69, 9.17) is 4.42 Å². The van der Waals surface area contributed by atoms with Crippen molar-refractivity contribution in [2.24, 2.45) is 0 Å². The third-order valence-electron chi connectivity index (χ3n) is 2.34. The van der Waals surface area contributed by atoms with Gasteiger partial charge in [0.15, 0.2) is 0 Å². The molecular formula is C11H10N4OS. The summed E-state index contributed by atoms with van der Waals surface area (Å²) in [7, 11) is 0. The number of hydrogen-bond donors (Lipinski definition) is 1. The van der Waals surface area contributed by atoms with Crippen LogP contribution in [0.2, 0.25) is 0 Å². The molecule has 0 saturated carbocycles. The largest absolute Gasteiger partial charge is 0.444 e. The van der Waals surface area contributed by atoms with E-state index in [2.05, 4.69) is 20.3 Å². The van der Waals surface area contributed by atoms with Crippen molar-refractivity contribution in [2.75, 3.05) is 5.32 Å². The zero-order valence-electron chi connectivity index (χ0n) is 9.17. The van der Waals surface area contributed by atoms with Crippen LogP contribution in [0, 0.1) is 6.92 Å². The summed E-state index contributed by atoms with van der Waals surface area (Å²) in [4.78, 5) is 13.5. The van der Waals surface area contributed by atoms with Crippen LogP contribution in [-0.4, -0.2) is 15.0 Å². The molecule has 0 spiro atoms. The molecule has 0 aliphatic heterocycles. The van der Waals surface area contributed by atoms with Gasteiger partial charge in [-0.3, -0.25) is 0 Å². The highest BCUT2D eigenvalue weighted by molar-refractivity contribution is 7.16. The molecule has 0 unspecified atom stereocenters. The molecule has 0 aliphatic carbocycles. The van der Waals surface area contributed by atoms with Gasteiger partial charge in [0.2, 0.25) is 5.89 Å². The van der Waals surface area contributed by atoms with Crippen LogP contribution in [0.4, 0.5) is 5.82 Å². The molecule has 3 rings (SSSR count). The normalized spacial score (nSPS) is 10.9. The highest BCUT2D eigenvalue weighted by atomic mass is 32.1. The Morgan fingerprint density at radius 3 is 3.12 bits per heavy atom. The third-order valence-corrected chi connectivity index (χ3v) is 3.16. The lowest BCUT2D eigenvalue weighted by atomic mass is 10.4. The first-order valence-corrected chi connectivity index (χ1v) is 6.04. The molecule has 0 aromatic carbocycles. The fraction of sp³-hybridized carbons (Fsp3) is 0.182. The Balaban J connectivity index is 1.83. The number of nitrogens with zero attached hydrogens (tertiary/aromatic N) is 3. The Bertz CT molecular complexity index is 646. The monoisotopic (exact) mass is 246 g/mol. The van der Waals surface area contributed by atoms with Crippen LogP contribution in [0.5, 0.6) is 0 Å². The number of rotatable bonds is 3. The van der Waals surface area contributed by atoms with Crippen molar-refractivity contribution in [3.63, 3.8) is 0 Å². The number of nitrogens with one attached hydrogen (secondary N) is 1. The Kier molecular flexibility index (Phi) is 2.49. The predicted octanol–water partition coefficient (Wildman–Crippen LogP) is 2.60. The molecule has 0 aliphatic rings. The fourth-order valence-electron chi connectivity index (χ4n) is 1.57. The van der Waals surface area contributed by atoms with Crippen LogP contribution in [0.15, 0.2) is 28.4 Å². The van der Waals surface area contributed by atoms with Crippen LogP contribution in [0.3, 0.4) is 0 Å². The van der Waals surface area contributed by atoms with Gasteiger partial charge in [-0.2, -0.15) is 0 Å². The first-order valence-electron chi connectivity index (χ1n) is 5.16. The van der Waals surface area contributed by atoms with E-state index in [1.165, 1.54) is 0 Å². The summed E-state index contributed by atoms with van der Waals surface area (Å²) >= 11 is 1.60. The fourth-order valence-corrected chi connectivity index (χ4v) is 2.31. The number of anilines is 1. The van der Waals surface area contributed by atoms with E-state index in [0.717, 1.165) is 21.8 Å². The van der Waals surface area contributed by atoms with E-state index < -0.39 is 0 Å². The number of fused-ring (bicyclic) bond motifs is 1. The summed E-state index contributed by atoms with van der Waals surface area (Å²) in [5.74, 6) is 2.28. The maximum atomic E-state index is 5.38. The van der Waals surface area contributed by atoms with Gasteiger partial charge in [0.25, 0.3) is 0 Å². The first kappa shape index (κ1) is 10.2. The SMILES string of the molecule is Cc1cnc(CNc2ncnc3sccc23)o1. The molecular weight excluding hydrogens is 236 g/mol. The lowest BCUT2D eigenvalue weighted by Crippen LogP contribution is -2.01. The summed E-state index contributed by atoms with van der Waals surface area (Å²) in [6.45, 7) is 2.40. The van der Waals surface area contributed by atoms with E-state index in [9.17, 15) is 0 Å². The number of oxazole rings is 1. The molecule has 1 N–H and O–H groups in total. The number of aromatic nitrogens is 3. The van der Waals surface area contributed by atoms with Crippen LogP contribution in [-0.2, 0) is 6.54 Å².